The van der Waals surface area contributed by atoms with E-state index >= 15 is 0 Å². The molecule has 1 fully saturated rings. The summed E-state index contributed by atoms with van der Waals surface area (Å²) >= 11 is 0. The SMILES string of the molecule is COC(=O)c1ccc2c(c1)CCC[C@@H]1CC(=O)CC[C@@]21Cc1ccccc1. The average molecular weight is 362 g/mol. The monoisotopic (exact) mass is 362 g/mol. The van der Waals surface area contributed by atoms with Gasteiger partial charge in [-0.3, -0.25) is 4.79 Å². The van der Waals surface area contributed by atoms with E-state index in [1.807, 2.05) is 18.2 Å². The first-order valence-electron chi connectivity index (χ1n) is 9.90. The van der Waals surface area contributed by atoms with Crippen molar-refractivity contribution in [3.63, 3.8) is 0 Å². The predicted molar refractivity (Wildman–Crippen MR) is 105 cm³/mol. The van der Waals surface area contributed by atoms with Crippen LogP contribution in [0.4, 0.5) is 0 Å². The highest BCUT2D eigenvalue weighted by Crippen LogP contribution is 2.50. The van der Waals surface area contributed by atoms with Crippen LogP contribution in [0, 0.1) is 5.92 Å². The zero-order chi connectivity index (χ0) is 18.9. The summed E-state index contributed by atoms with van der Waals surface area (Å²) in [5, 5.41) is 0. The normalized spacial score (nSPS) is 24.5. The number of esters is 1. The Hall–Kier alpha value is -2.42. The molecule has 2 aromatic carbocycles. The van der Waals surface area contributed by atoms with Crippen molar-refractivity contribution in [2.75, 3.05) is 7.11 Å². The molecule has 1 saturated carbocycles. The molecule has 0 heterocycles. The van der Waals surface area contributed by atoms with Gasteiger partial charge in [0.15, 0.2) is 0 Å². The molecule has 0 spiro atoms. The van der Waals surface area contributed by atoms with E-state index in [1.54, 1.807) is 0 Å². The van der Waals surface area contributed by atoms with Gasteiger partial charge in [-0.15, -0.1) is 0 Å². The van der Waals surface area contributed by atoms with Crippen molar-refractivity contribution < 1.29 is 14.3 Å². The lowest BCUT2D eigenvalue weighted by molar-refractivity contribution is -0.123. The lowest BCUT2D eigenvalue weighted by atomic mass is 9.59. The van der Waals surface area contributed by atoms with Crippen LogP contribution in [-0.4, -0.2) is 18.9 Å². The van der Waals surface area contributed by atoms with Gasteiger partial charge in [0.25, 0.3) is 0 Å². The number of benzene rings is 2. The molecule has 0 radical (unpaired) electrons. The minimum Gasteiger partial charge on any atom is -0.465 e. The van der Waals surface area contributed by atoms with Gasteiger partial charge in [0.2, 0.25) is 0 Å². The number of fused-ring (bicyclic) bond motifs is 3. The lowest BCUT2D eigenvalue weighted by Gasteiger charge is -2.44. The zero-order valence-electron chi connectivity index (χ0n) is 15.9. The van der Waals surface area contributed by atoms with Gasteiger partial charge in [0.05, 0.1) is 12.7 Å². The second-order valence-electron chi connectivity index (χ2n) is 8.01. The average Bonchev–Trinajstić information content (AvgIpc) is 2.84. The highest BCUT2D eigenvalue weighted by Gasteiger charge is 2.46. The maximum absolute atomic E-state index is 12.3. The van der Waals surface area contributed by atoms with E-state index in [-0.39, 0.29) is 11.4 Å². The molecule has 2 aliphatic carbocycles. The highest BCUT2D eigenvalue weighted by atomic mass is 16.5. The molecular weight excluding hydrogens is 336 g/mol. The highest BCUT2D eigenvalue weighted by molar-refractivity contribution is 5.89. The van der Waals surface area contributed by atoms with Crippen LogP contribution in [0.1, 0.15) is 59.2 Å². The number of methoxy groups -OCH3 is 1. The van der Waals surface area contributed by atoms with Crippen molar-refractivity contribution in [1.82, 2.24) is 0 Å². The number of aryl methyl sites for hydroxylation is 1. The Morgan fingerprint density at radius 3 is 2.74 bits per heavy atom. The molecule has 2 atom stereocenters. The smallest absolute Gasteiger partial charge is 0.337 e. The van der Waals surface area contributed by atoms with Crippen molar-refractivity contribution in [3.05, 3.63) is 70.8 Å². The summed E-state index contributed by atoms with van der Waals surface area (Å²) in [4.78, 5) is 24.3. The van der Waals surface area contributed by atoms with Crippen LogP contribution in [0.3, 0.4) is 0 Å². The number of hydrogen-bond donors (Lipinski definition) is 0. The first-order valence-corrected chi connectivity index (χ1v) is 9.90. The number of rotatable bonds is 3. The molecule has 0 aliphatic heterocycles. The molecule has 0 aromatic heterocycles. The van der Waals surface area contributed by atoms with Gasteiger partial charge >= 0.3 is 5.97 Å². The van der Waals surface area contributed by atoms with Crippen LogP contribution in [-0.2, 0) is 27.8 Å². The van der Waals surface area contributed by atoms with E-state index in [0.29, 0.717) is 30.1 Å². The van der Waals surface area contributed by atoms with Crippen molar-refractivity contribution in [2.45, 2.75) is 50.4 Å². The fourth-order valence-electron chi connectivity index (χ4n) is 5.23. The van der Waals surface area contributed by atoms with Gasteiger partial charge in [-0.1, -0.05) is 36.4 Å². The first-order chi connectivity index (χ1) is 13.1. The Bertz CT molecular complexity index is 855. The minimum absolute atomic E-state index is 0.0181. The maximum Gasteiger partial charge on any atom is 0.337 e. The fourth-order valence-corrected chi connectivity index (χ4v) is 5.23. The minimum atomic E-state index is -0.283. The van der Waals surface area contributed by atoms with Gasteiger partial charge in [-0.2, -0.15) is 0 Å². The van der Waals surface area contributed by atoms with E-state index in [0.717, 1.165) is 32.1 Å². The second-order valence-corrected chi connectivity index (χ2v) is 8.01. The molecule has 0 bridgehead atoms. The molecular formula is C24H26O3. The van der Waals surface area contributed by atoms with Gasteiger partial charge in [-0.05, 0) is 66.8 Å². The molecule has 4 rings (SSSR count). The number of Topliss-reactive ketones (excluding diaryl/α,β-unsaturated/α-hetero) is 1. The van der Waals surface area contributed by atoms with Crippen LogP contribution in [0.15, 0.2) is 48.5 Å². The molecule has 2 aromatic rings. The van der Waals surface area contributed by atoms with Crippen molar-refractivity contribution in [1.29, 1.82) is 0 Å². The van der Waals surface area contributed by atoms with Crippen LogP contribution < -0.4 is 0 Å². The van der Waals surface area contributed by atoms with Gasteiger partial charge < -0.3 is 4.74 Å². The molecule has 3 heteroatoms. The molecule has 0 amide bonds. The Labute approximate surface area is 160 Å². The summed E-state index contributed by atoms with van der Waals surface area (Å²) in [6.45, 7) is 0. The van der Waals surface area contributed by atoms with E-state index in [4.69, 9.17) is 4.74 Å². The van der Waals surface area contributed by atoms with Crippen LogP contribution in [0.5, 0.6) is 0 Å². The third-order valence-corrected chi connectivity index (χ3v) is 6.53. The summed E-state index contributed by atoms with van der Waals surface area (Å²) in [6.07, 6.45) is 6.28. The largest absolute Gasteiger partial charge is 0.465 e. The summed E-state index contributed by atoms with van der Waals surface area (Å²) < 4.78 is 4.92. The Kier molecular flexibility index (Phi) is 4.86. The molecule has 0 saturated heterocycles. The predicted octanol–water partition coefficient (Wildman–Crippen LogP) is 4.66. The zero-order valence-corrected chi connectivity index (χ0v) is 15.9. The van der Waals surface area contributed by atoms with E-state index in [1.165, 1.54) is 23.8 Å². The molecule has 0 unspecified atom stereocenters. The van der Waals surface area contributed by atoms with Crippen LogP contribution in [0.2, 0.25) is 0 Å². The maximum atomic E-state index is 12.3. The van der Waals surface area contributed by atoms with Crippen LogP contribution in [0.25, 0.3) is 0 Å². The van der Waals surface area contributed by atoms with E-state index in [9.17, 15) is 9.59 Å². The number of carbonyl (C=O) groups is 2. The third-order valence-electron chi connectivity index (χ3n) is 6.53. The fraction of sp³-hybridized carbons (Fsp3) is 0.417. The molecule has 140 valence electrons. The van der Waals surface area contributed by atoms with Crippen molar-refractivity contribution in [2.24, 2.45) is 5.92 Å². The van der Waals surface area contributed by atoms with Gasteiger partial charge in [0, 0.05) is 18.3 Å². The molecule has 2 aliphatic rings. The summed E-state index contributed by atoms with van der Waals surface area (Å²) in [5.41, 5.74) is 4.52. The molecule has 3 nitrogen and oxygen atoms in total. The lowest BCUT2D eigenvalue weighted by Crippen LogP contribution is -2.42. The van der Waals surface area contributed by atoms with E-state index < -0.39 is 0 Å². The first kappa shape index (κ1) is 18.0. The van der Waals surface area contributed by atoms with Crippen molar-refractivity contribution >= 4 is 11.8 Å². The Morgan fingerprint density at radius 1 is 1.15 bits per heavy atom. The summed E-state index contributed by atoms with van der Waals surface area (Å²) in [6, 6.07) is 16.7. The Balaban J connectivity index is 1.82. The van der Waals surface area contributed by atoms with Crippen LogP contribution >= 0.6 is 0 Å². The molecule has 27 heavy (non-hydrogen) atoms. The topological polar surface area (TPSA) is 43.4 Å². The molecule has 0 N–H and O–H groups in total. The van der Waals surface area contributed by atoms with E-state index in [2.05, 4.69) is 30.3 Å². The van der Waals surface area contributed by atoms with Gasteiger partial charge in [0.1, 0.15) is 5.78 Å². The number of ether oxygens (including phenoxy) is 1. The quantitative estimate of drug-likeness (QED) is 0.746. The third kappa shape index (κ3) is 3.31. The standard InChI is InChI=1S/C24H26O3/c1-27-23(26)19-10-11-22-18(14-19)8-5-9-20-15-21(25)12-13-24(20,22)16-17-6-3-2-4-7-17/h2-4,6-7,10-11,14,20H,5,8-9,12-13,15-16H2,1H3/t20-,24+/m1/s1. The summed E-state index contributed by atoms with van der Waals surface area (Å²) in [7, 11) is 1.42. The number of hydrogen-bond acceptors (Lipinski definition) is 3. The second kappa shape index (κ2) is 7.30. The van der Waals surface area contributed by atoms with Crippen molar-refractivity contribution in [3.8, 4) is 0 Å². The Morgan fingerprint density at radius 2 is 1.96 bits per heavy atom. The van der Waals surface area contributed by atoms with Gasteiger partial charge in [-0.25, -0.2) is 4.79 Å². The number of carbonyl (C=O) groups excluding carboxylic acids is 2. The number of ketones is 1. The summed E-state index contributed by atoms with van der Waals surface area (Å²) in [5.74, 6) is 0.497.